The molecule has 0 aliphatic carbocycles. The van der Waals surface area contributed by atoms with E-state index in [4.69, 9.17) is 0 Å². The van der Waals surface area contributed by atoms with Gasteiger partial charge in [-0.3, -0.25) is 4.90 Å². The second-order valence-corrected chi connectivity index (χ2v) is 5.70. The average Bonchev–Trinajstić information content (AvgIpc) is 2.53. The zero-order valence-electron chi connectivity index (χ0n) is 9.41. The molecule has 2 unspecified atom stereocenters. The molecule has 1 saturated heterocycles. The van der Waals surface area contributed by atoms with Gasteiger partial charge >= 0.3 is 0 Å². The van der Waals surface area contributed by atoms with Crippen molar-refractivity contribution in [2.75, 3.05) is 0 Å². The summed E-state index contributed by atoms with van der Waals surface area (Å²) in [7, 11) is 0. The SMILES string of the molecule is CC1CCC(C)N1Cc1ccccc1I. The highest BCUT2D eigenvalue weighted by Gasteiger charge is 2.27. The van der Waals surface area contributed by atoms with Crippen molar-refractivity contribution >= 4 is 22.6 Å². The highest BCUT2D eigenvalue weighted by atomic mass is 127. The summed E-state index contributed by atoms with van der Waals surface area (Å²) in [6, 6.07) is 10.2. The molecule has 1 aliphatic heterocycles. The summed E-state index contributed by atoms with van der Waals surface area (Å²) in [5.74, 6) is 0. The van der Waals surface area contributed by atoms with Gasteiger partial charge in [0.25, 0.3) is 0 Å². The Morgan fingerprint density at radius 1 is 1.20 bits per heavy atom. The standard InChI is InChI=1S/C13H18IN/c1-10-7-8-11(2)15(10)9-12-5-3-4-6-13(12)14/h3-6,10-11H,7-9H2,1-2H3. The summed E-state index contributed by atoms with van der Waals surface area (Å²) in [6.07, 6.45) is 2.70. The number of nitrogens with zero attached hydrogens (tertiary/aromatic N) is 1. The minimum atomic E-state index is 0.746. The van der Waals surface area contributed by atoms with E-state index < -0.39 is 0 Å². The van der Waals surface area contributed by atoms with Crippen LogP contribution in [0.5, 0.6) is 0 Å². The number of rotatable bonds is 2. The van der Waals surface area contributed by atoms with Crippen molar-refractivity contribution in [2.45, 2.75) is 45.3 Å². The summed E-state index contributed by atoms with van der Waals surface area (Å²) in [5, 5.41) is 0. The average molecular weight is 315 g/mol. The molecule has 82 valence electrons. The van der Waals surface area contributed by atoms with Gasteiger partial charge in [0.15, 0.2) is 0 Å². The van der Waals surface area contributed by atoms with Crippen molar-refractivity contribution in [1.29, 1.82) is 0 Å². The first kappa shape index (κ1) is 11.4. The third-order valence-electron chi connectivity index (χ3n) is 3.45. The van der Waals surface area contributed by atoms with Crippen molar-refractivity contribution in [3.05, 3.63) is 33.4 Å². The van der Waals surface area contributed by atoms with E-state index in [1.165, 1.54) is 22.0 Å². The van der Waals surface area contributed by atoms with Gasteiger partial charge in [0.2, 0.25) is 0 Å². The molecule has 1 fully saturated rings. The predicted octanol–water partition coefficient (Wildman–Crippen LogP) is 3.66. The van der Waals surface area contributed by atoms with Crippen LogP contribution in [0.2, 0.25) is 0 Å². The largest absolute Gasteiger partial charge is 0.294 e. The van der Waals surface area contributed by atoms with Crippen molar-refractivity contribution in [3.8, 4) is 0 Å². The van der Waals surface area contributed by atoms with Crippen LogP contribution in [0.4, 0.5) is 0 Å². The molecule has 0 N–H and O–H groups in total. The maximum atomic E-state index is 2.62. The van der Waals surface area contributed by atoms with Gasteiger partial charge in [0.1, 0.15) is 0 Å². The van der Waals surface area contributed by atoms with Gasteiger partial charge in [0, 0.05) is 22.2 Å². The predicted molar refractivity (Wildman–Crippen MR) is 72.9 cm³/mol. The van der Waals surface area contributed by atoms with Crippen LogP contribution >= 0.6 is 22.6 Å². The summed E-state index contributed by atoms with van der Waals surface area (Å²) in [5.41, 5.74) is 1.47. The van der Waals surface area contributed by atoms with E-state index in [2.05, 4.69) is 65.6 Å². The lowest BCUT2D eigenvalue weighted by Crippen LogP contribution is -2.32. The molecule has 0 bridgehead atoms. The van der Waals surface area contributed by atoms with Gasteiger partial charge in [-0.15, -0.1) is 0 Å². The fraction of sp³-hybridized carbons (Fsp3) is 0.538. The van der Waals surface area contributed by atoms with Crippen LogP contribution in [0.25, 0.3) is 0 Å². The van der Waals surface area contributed by atoms with Crippen molar-refractivity contribution < 1.29 is 0 Å². The molecule has 2 heteroatoms. The summed E-state index contributed by atoms with van der Waals surface area (Å²) in [4.78, 5) is 2.62. The molecule has 1 aromatic rings. The molecule has 1 aromatic carbocycles. The first-order chi connectivity index (χ1) is 7.18. The lowest BCUT2D eigenvalue weighted by atomic mass is 10.2. The number of halogens is 1. The van der Waals surface area contributed by atoms with Crippen molar-refractivity contribution in [2.24, 2.45) is 0 Å². The number of hydrogen-bond donors (Lipinski definition) is 0. The van der Waals surface area contributed by atoms with Crippen molar-refractivity contribution in [1.82, 2.24) is 4.90 Å². The smallest absolute Gasteiger partial charge is 0.0249 e. The van der Waals surface area contributed by atoms with Crippen LogP contribution in [0.15, 0.2) is 24.3 Å². The Balaban J connectivity index is 2.11. The quantitative estimate of drug-likeness (QED) is 0.753. The normalized spacial score (nSPS) is 27.1. The fourth-order valence-electron chi connectivity index (χ4n) is 2.38. The topological polar surface area (TPSA) is 3.24 Å². The van der Waals surface area contributed by atoms with Gasteiger partial charge in [-0.25, -0.2) is 0 Å². The number of likely N-dealkylation sites (tertiary alicyclic amines) is 1. The summed E-state index contributed by atoms with van der Waals surface area (Å²) in [6.45, 7) is 5.81. The van der Waals surface area contributed by atoms with Crippen LogP contribution < -0.4 is 0 Å². The molecule has 2 atom stereocenters. The van der Waals surface area contributed by atoms with Gasteiger partial charge in [-0.2, -0.15) is 0 Å². The second-order valence-electron chi connectivity index (χ2n) is 4.54. The van der Waals surface area contributed by atoms with Gasteiger partial charge in [0.05, 0.1) is 0 Å². The van der Waals surface area contributed by atoms with Crippen LogP contribution in [0, 0.1) is 3.57 Å². The summed E-state index contributed by atoms with van der Waals surface area (Å²) >= 11 is 2.43. The molecular weight excluding hydrogens is 297 g/mol. The van der Waals surface area contributed by atoms with Gasteiger partial charge in [-0.1, -0.05) is 18.2 Å². The van der Waals surface area contributed by atoms with Crippen LogP contribution in [0.3, 0.4) is 0 Å². The van der Waals surface area contributed by atoms with Crippen LogP contribution in [-0.2, 0) is 6.54 Å². The molecule has 0 aromatic heterocycles. The zero-order valence-corrected chi connectivity index (χ0v) is 11.6. The maximum Gasteiger partial charge on any atom is 0.0249 e. The van der Waals surface area contributed by atoms with Gasteiger partial charge in [-0.05, 0) is 60.9 Å². The molecule has 0 spiro atoms. The highest BCUT2D eigenvalue weighted by molar-refractivity contribution is 14.1. The monoisotopic (exact) mass is 315 g/mol. The van der Waals surface area contributed by atoms with E-state index in [9.17, 15) is 0 Å². The highest BCUT2D eigenvalue weighted by Crippen LogP contribution is 2.26. The Morgan fingerprint density at radius 2 is 1.80 bits per heavy atom. The van der Waals surface area contributed by atoms with E-state index >= 15 is 0 Å². The van der Waals surface area contributed by atoms with Gasteiger partial charge < -0.3 is 0 Å². The van der Waals surface area contributed by atoms with E-state index in [0.717, 1.165) is 18.6 Å². The first-order valence-corrected chi connectivity index (χ1v) is 6.75. The molecular formula is C13H18IN. The van der Waals surface area contributed by atoms with E-state index in [1.807, 2.05) is 0 Å². The molecule has 1 aliphatic rings. The Bertz CT molecular complexity index is 327. The Kier molecular flexibility index (Phi) is 3.67. The molecule has 15 heavy (non-hydrogen) atoms. The number of hydrogen-bond acceptors (Lipinski definition) is 1. The third-order valence-corrected chi connectivity index (χ3v) is 4.50. The molecule has 2 rings (SSSR count). The lowest BCUT2D eigenvalue weighted by Gasteiger charge is -2.26. The molecule has 1 nitrogen and oxygen atoms in total. The summed E-state index contributed by atoms with van der Waals surface area (Å²) < 4.78 is 1.39. The fourth-order valence-corrected chi connectivity index (χ4v) is 2.94. The Morgan fingerprint density at radius 3 is 2.40 bits per heavy atom. The minimum absolute atomic E-state index is 0.746. The molecule has 0 amide bonds. The third kappa shape index (κ3) is 2.53. The van der Waals surface area contributed by atoms with Crippen LogP contribution in [0.1, 0.15) is 32.3 Å². The second kappa shape index (κ2) is 4.83. The Labute approximate surface area is 106 Å². The molecule has 0 radical (unpaired) electrons. The minimum Gasteiger partial charge on any atom is -0.294 e. The molecule has 0 saturated carbocycles. The van der Waals surface area contributed by atoms with E-state index in [0.29, 0.717) is 0 Å². The lowest BCUT2D eigenvalue weighted by molar-refractivity contribution is 0.204. The molecule has 1 heterocycles. The van der Waals surface area contributed by atoms with Crippen LogP contribution in [-0.4, -0.2) is 17.0 Å². The Hall–Kier alpha value is -0.0900. The van der Waals surface area contributed by atoms with E-state index in [1.54, 1.807) is 0 Å². The first-order valence-electron chi connectivity index (χ1n) is 5.67. The zero-order chi connectivity index (χ0) is 10.8. The number of benzene rings is 1. The maximum absolute atomic E-state index is 2.62. The van der Waals surface area contributed by atoms with Crippen molar-refractivity contribution in [3.63, 3.8) is 0 Å². The van der Waals surface area contributed by atoms with E-state index in [-0.39, 0.29) is 0 Å².